The average Bonchev–Trinajstić information content (AvgIpc) is 3.46. The molecule has 0 saturated carbocycles. The maximum Gasteiger partial charge on any atom is 0.156 e. The summed E-state index contributed by atoms with van der Waals surface area (Å²) in [6, 6.07) is 8.04. The number of nitrogens with one attached hydrogen (secondary N) is 2. The Morgan fingerprint density at radius 3 is 2.78 bits per heavy atom. The number of piperidine rings is 1. The van der Waals surface area contributed by atoms with Crippen molar-refractivity contribution in [2.24, 2.45) is 10.4 Å². The molecule has 164 valence electrons. The largest absolute Gasteiger partial charge is 0.357 e. The Morgan fingerprint density at radius 1 is 1.22 bits per heavy atom. The summed E-state index contributed by atoms with van der Waals surface area (Å²) in [6.45, 7) is 10.1. The van der Waals surface area contributed by atoms with E-state index in [0.29, 0.717) is 22.5 Å². The quantitative estimate of drug-likeness (QED) is 0.607. The van der Waals surface area contributed by atoms with Crippen molar-refractivity contribution < 1.29 is 0 Å². The van der Waals surface area contributed by atoms with E-state index in [0.717, 1.165) is 48.7 Å². The number of aromatic nitrogens is 4. The summed E-state index contributed by atoms with van der Waals surface area (Å²) in [6.07, 6.45) is 8.49. The molecule has 5 heterocycles. The number of fused-ring (bicyclic) bond motifs is 1. The molecule has 2 N–H and O–H groups in total. The van der Waals surface area contributed by atoms with Gasteiger partial charge >= 0.3 is 0 Å². The Balaban J connectivity index is 1.42. The summed E-state index contributed by atoms with van der Waals surface area (Å²) < 4.78 is 1.84. The highest BCUT2D eigenvalue weighted by Gasteiger charge is 2.37. The van der Waals surface area contributed by atoms with Gasteiger partial charge in [0.05, 0.1) is 28.8 Å². The van der Waals surface area contributed by atoms with E-state index in [2.05, 4.69) is 37.9 Å². The van der Waals surface area contributed by atoms with Gasteiger partial charge in [-0.2, -0.15) is 5.10 Å². The number of aliphatic imine (C=N–C) groups is 1. The highest BCUT2D eigenvalue weighted by Crippen LogP contribution is 2.38. The smallest absolute Gasteiger partial charge is 0.156 e. The van der Waals surface area contributed by atoms with Gasteiger partial charge in [-0.1, -0.05) is 12.6 Å². The van der Waals surface area contributed by atoms with Crippen LogP contribution in [0.4, 0.5) is 5.82 Å². The Hall–Kier alpha value is -3.39. The normalized spacial score (nSPS) is 18.4. The summed E-state index contributed by atoms with van der Waals surface area (Å²) >= 11 is 0. The first-order valence-electron chi connectivity index (χ1n) is 11.1. The molecule has 3 aromatic rings. The standard InChI is InChI=1S/C24H28N8/c1-17(13-25)29-18(2)20-12-21-19(14-27-20)15-28-32(21)23-5-3-4-22(30-23)31-10-7-24(8-11-31)6-9-26-16-24/h3-5,12-15,25-26H,2,6-11,16H2,1H3. The second kappa shape index (κ2) is 8.27. The van der Waals surface area contributed by atoms with Crippen molar-refractivity contribution in [3.05, 3.63) is 48.9 Å². The Bertz CT molecular complexity index is 1190. The lowest BCUT2D eigenvalue weighted by Gasteiger charge is -2.39. The third-order valence-electron chi connectivity index (χ3n) is 6.69. The number of hydrogen-bond acceptors (Lipinski definition) is 7. The lowest BCUT2D eigenvalue weighted by atomic mass is 9.78. The highest BCUT2D eigenvalue weighted by atomic mass is 15.3. The van der Waals surface area contributed by atoms with Crippen molar-refractivity contribution in [2.45, 2.75) is 26.2 Å². The third kappa shape index (κ3) is 3.82. The van der Waals surface area contributed by atoms with Crippen LogP contribution in [0.2, 0.25) is 0 Å². The van der Waals surface area contributed by atoms with Gasteiger partial charge < -0.3 is 15.6 Å². The van der Waals surface area contributed by atoms with E-state index in [1.807, 2.05) is 22.9 Å². The number of hydrogen-bond donors (Lipinski definition) is 2. The minimum Gasteiger partial charge on any atom is -0.357 e. The molecule has 8 heteroatoms. The molecule has 0 bridgehead atoms. The fraction of sp³-hybridized carbons (Fsp3) is 0.375. The van der Waals surface area contributed by atoms with Crippen molar-refractivity contribution in [1.82, 2.24) is 25.1 Å². The van der Waals surface area contributed by atoms with Gasteiger partial charge in [0, 0.05) is 37.4 Å². The average molecular weight is 429 g/mol. The molecule has 0 atom stereocenters. The van der Waals surface area contributed by atoms with Crippen LogP contribution in [0.1, 0.15) is 31.9 Å². The van der Waals surface area contributed by atoms with Crippen molar-refractivity contribution in [2.75, 3.05) is 31.1 Å². The zero-order valence-electron chi connectivity index (χ0n) is 18.4. The van der Waals surface area contributed by atoms with E-state index in [9.17, 15) is 0 Å². The van der Waals surface area contributed by atoms with Crippen LogP contribution in [-0.2, 0) is 0 Å². The molecule has 1 spiro atoms. The van der Waals surface area contributed by atoms with E-state index < -0.39 is 0 Å². The molecule has 2 fully saturated rings. The predicted molar refractivity (Wildman–Crippen MR) is 129 cm³/mol. The first-order valence-corrected chi connectivity index (χ1v) is 11.1. The minimum absolute atomic E-state index is 0.483. The lowest BCUT2D eigenvalue weighted by Crippen LogP contribution is -2.41. The van der Waals surface area contributed by atoms with E-state index in [-0.39, 0.29) is 0 Å². The fourth-order valence-electron chi connectivity index (χ4n) is 4.70. The monoisotopic (exact) mass is 428 g/mol. The van der Waals surface area contributed by atoms with Gasteiger partial charge in [-0.25, -0.2) is 9.67 Å². The molecule has 32 heavy (non-hydrogen) atoms. The molecule has 8 nitrogen and oxygen atoms in total. The topological polar surface area (TPSA) is 95.1 Å². The molecule has 0 amide bonds. The maximum atomic E-state index is 7.32. The number of pyridine rings is 2. The molecule has 2 aliphatic rings. The van der Waals surface area contributed by atoms with Crippen LogP contribution in [0.15, 0.2) is 48.2 Å². The SMILES string of the molecule is C=C(N=C(C)C=N)c1cc2c(cn1)cnn2-c1cccc(N2CCC3(CCNC3)CC2)n1. The van der Waals surface area contributed by atoms with Crippen LogP contribution in [0.5, 0.6) is 0 Å². The number of rotatable bonds is 5. The molecular formula is C24H28N8. The molecule has 5 rings (SSSR count). The summed E-state index contributed by atoms with van der Waals surface area (Å²) in [4.78, 5) is 16.1. The van der Waals surface area contributed by atoms with Crippen LogP contribution in [-0.4, -0.2) is 57.9 Å². The van der Waals surface area contributed by atoms with Crippen molar-refractivity contribution in [3.8, 4) is 5.82 Å². The van der Waals surface area contributed by atoms with Gasteiger partial charge in [0.1, 0.15) is 5.82 Å². The van der Waals surface area contributed by atoms with Crippen molar-refractivity contribution >= 4 is 34.3 Å². The van der Waals surface area contributed by atoms with Gasteiger partial charge in [0.25, 0.3) is 0 Å². The van der Waals surface area contributed by atoms with Gasteiger partial charge in [0.2, 0.25) is 0 Å². The van der Waals surface area contributed by atoms with Crippen molar-refractivity contribution in [1.29, 1.82) is 5.41 Å². The molecule has 0 radical (unpaired) electrons. The van der Waals surface area contributed by atoms with Gasteiger partial charge in [-0.3, -0.25) is 9.98 Å². The molecule has 2 aliphatic heterocycles. The van der Waals surface area contributed by atoms with Gasteiger partial charge in [-0.05, 0) is 56.3 Å². The summed E-state index contributed by atoms with van der Waals surface area (Å²) in [5, 5.41) is 16.4. The van der Waals surface area contributed by atoms with E-state index >= 15 is 0 Å². The molecular weight excluding hydrogens is 400 g/mol. The Kier molecular flexibility index (Phi) is 5.30. The minimum atomic E-state index is 0.483. The molecule has 0 unspecified atom stereocenters. The van der Waals surface area contributed by atoms with Crippen LogP contribution in [0, 0.1) is 10.8 Å². The zero-order valence-corrected chi connectivity index (χ0v) is 18.4. The zero-order chi connectivity index (χ0) is 22.1. The molecule has 2 saturated heterocycles. The molecule has 0 aromatic carbocycles. The molecule has 3 aromatic heterocycles. The summed E-state index contributed by atoms with van der Waals surface area (Å²) in [7, 11) is 0. The van der Waals surface area contributed by atoms with E-state index in [1.54, 1.807) is 19.3 Å². The maximum absolute atomic E-state index is 7.32. The highest BCUT2D eigenvalue weighted by molar-refractivity contribution is 6.29. The van der Waals surface area contributed by atoms with E-state index in [1.165, 1.54) is 25.5 Å². The number of nitrogens with zero attached hydrogens (tertiary/aromatic N) is 6. The Labute approximate surface area is 187 Å². The summed E-state index contributed by atoms with van der Waals surface area (Å²) in [5.74, 6) is 1.78. The van der Waals surface area contributed by atoms with Crippen LogP contribution in [0.3, 0.4) is 0 Å². The van der Waals surface area contributed by atoms with Gasteiger partial charge in [-0.15, -0.1) is 0 Å². The van der Waals surface area contributed by atoms with Crippen molar-refractivity contribution in [3.63, 3.8) is 0 Å². The fourth-order valence-corrected chi connectivity index (χ4v) is 4.70. The van der Waals surface area contributed by atoms with Crippen LogP contribution in [0.25, 0.3) is 22.4 Å². The molecule has 0 aliphatic carbocycles. The Morgan fingerprint density at radius 2 is 2.03 bits per heavy atom. The number of anilines is 1. The summed E-state index contributed by atoms with van der Waals surface area (Å²) in [5.41, 5.74) is 3.14. The predicted octanol–water partition coefficient (Wildman–Crippen LogP) is 3.48. The van der Waals surface area contributed by atoms with Gasteiger partial charge in [0.15, 0.2) is 5.82 Å². The van der Waals surface area contributed by atoms with Crippen LogP contribution < -0.4 is 10.2 Å². The second-order valence-electron chi connectivity index (χ2n) is 8.80. The lowest BCUT2D eigenvalue weighted by molar-refractivity contribution is 0.247. The second-order valence-corrected chi connectivity index (χ2v) is 8.80. The first-order chi connectivity index (χ1) is 15.6. The van der Waals surface area contributed by atoms with E-state index in [4.69, 9.17) is 10.4 Å². The van der Waals surface area contributed by atoms with Crippen LogP contribution >= 0.6 is 0 Å². The third-order valence-corrected chi connectivity index (χ3v) is 6.69. The first kappa shape index (κ1) is 20.5.